The Balaban J connectivity index is 1.89. The van der Waals surface area contributed by atoms with Gasteiger partial charge in [0.15, 0.2) is 5.69 Å². The van der Waals surface area contributed by atoms with Crippen LogP contribution in [0.2, 0.25) is 0 Å². The Morgan fingerprint density at radius 3 is 1.93 bits per heavy atom. The Bertz CT molecular complexity index is 1080. The molecule has 0 unspecified atom stereocenters. The van der Waals surface area contributed by atoms with Crippen LogP contribution in [0.1, 0.15) is 24.1 Å². The van der Waals surface area contributed by atoms with Gasteiger partial charge in [0.2, 0.25) is 5.52 Å². The number of pyridine rings is 1. The molecule has 0 spiro atoms. The van der Waals surface area contributed by atoms with Gasteiger partial charge in [0.05, 0.1) is 11.1 Å². The monoisotopic (exact) mass is 365 g/mol. The number of aryl methyl sites for hydroxylation is 1. The van der Waals surface area contributed by atoms with E-state index in [1.54, 1.807) is 0 Å². The quantitative estimate of drug-likeness (QED) is 0.403. The van der Waals surface area contributed by atoms with Crippen LogP contribution in [0.15, 0.2) is 84.9 Å². The molecule has 1 aliphatic carbocycles. The third kappa shape index (κ3) is 2.77. The molecular weight excluding hydrogens is 340 g/mol. The lowest BCUT2D eigenvalue weighted by Gasteiger charge is -2.30. The summed E-state index contributed by atoms with van der Waals surface area (Å²) in [6.45, 7) is 0. The molecule has 1 heterocycles. The summed E-state index contributed by atoms with van der Waals surface area (Å²) in [7, 11) is 2.23. The Morgan fingerprint density at radius 1 is 0.679 bits per heavy atom. The van der Waals surface area contributed by atoms with E-state index < -0.39 is 0 Å². The number of rotatable bonds is 3. The highest BCUT2D eigenvalue weighted by Gasteiger charge is 2.29. The van der Waals surface area contributed by atoms with Crippen molar-refractivity contribution in [3.63, 3.8) is 0 Å². The topological polar surface area (TPSA) is 7.12 Å². The molecule has 5 rings (SSSR count). The standard InChI is InChI=1S/C26H25N2/c1-27-24-18-10-8-16-22(24)26(23-17-9-11-19-25(23)27)28(20-12-4-2-5-13-20)21-14-6-3-7-15-21/h2-8,10,12-16,18H,9,11,17,19H2,1H3/q+1. The van der Waals surface area contributed by atoms with Gasteiger partial charge in [0.25, 0.3) is 0 Å². The summed E-state index contributed by atoms with van der Waals surface area (Å²) in [6, 6.07) is 30.4. The van der Waals surface area contributed by atoms with E-state index in [-0.39, 0.29) is 0 Å². The van der Waals surface area contributed by atoms with E-state index in [0.717, 1.165) is 12.8 Å². The highest BCUT2D eigenvalue weighted by atomic mass is 15.2. The van der Waals surface area contributed by atoms with Gasteiger partial charge in [-0.1, -0.05) is 48.5 Å². The Morgan fingerprint density at radius 2 is 1.25 bits per heavy atom. The number of aromatic nitrogens is 1. The van der Waals surface area contributed by atoms with Crippen LogP contribution in [0.25, 0.3) is 10.9 Å². The Hall–Kier alpha value is -3.13. The molecule has 2 nitrogen and oxygen atoms in total. The van der Waals surface area contributed by atoms with Gasteiger partial charge < -0.3 is 4.90 Å². The van der Waals surface area contributed by atoms with Gasteiger partial charge in [-0.25, -0.2) is 0 Å². The normalized spacial score (nSPS) is 13.3. The van der Waals surface area contributed by atoms with Crippen molar-refractivity contribution in [2.45, 2.75) is 25.7 Å². The highest BCUT2D eigenvalue weighted by molar-refractivity contribution is 5.97. The molecule has 0 radical (unpaired) electrons. The molecule has 0 bridgehead atoms. The SMILES string of the molecule is C[n+]1c2c(c(N(c3ccccc3)c3ccccc3)c3ccccc31)CCCC2. The minimum atomic E-state index is 1.14. The fourth-order valence-corrected chi connectivity index (χ4v) is 4.61. The second-order valence-electron chi connectivity index (χ2n) is 7.56. The molecule has 0 saturated heterocycles. The molecule has 0 amide bonds. The van der Waals surface area contributed by atoms with Crippen molar-refractivity contribution in [2.24, 2.45) is 7.05 Å². The van der Waals surface area contributed by atoms with Crippen molar-refractivity contribution in [3.05, 3.63) is 96.2 Å². The predicted molar refractivity (Wildman–Crippen MR) is 116 cm³/mol. The summed E-state index contributed by atoms with van der Waals surface area (Å²) in [5, 5.41) is 1.32. The van der Waals surface area contributed by atoms with Gasteiger partial charge in [0.1, 0.15) is 7.05 Å². The number of nitrogens with zero attached hydrogens (tertiary/aromatic N) is 2. The molecule has 0 fully saturated rings. The summed E-state index contributed by atoms with van der Waals surface area (Å²) >= 11 is 0. The summed E-state index contributed by atoms with van der Waals surface area (Å²) in [4.78, 5) is 2.45. The molecule has 28 heavy (non-hydrogen) atoms. The molecule has 0 atom stereocenters. The first-order chi connectivity index (χ1) is 13.8. The van der Waals surface area contributed by atoms with Crippen molar-refractivity contribution >= 4 is 28.0 Å². The van der Waals surface area contributed by atoms with Crippen molar-refractivity contribution in [1.82, 2.24) is 0 Å². The van der Waals surface area contributed by atoms with Gasteiger partial charge in [0, 0.05) is 29.4 Å². The first-order valence-electron chi connectivity index (χ1n) is 10.2. The van der Waals surface area contributed by atoms with Crippen molar-refractivity contribution < 1.29 is 4.57 Å². The van der Waals surface area contributed by atoms with Gasteiger partial charge in [-0.3, -0.25) is 0 Å². The average molecular weight is 366 g/mol. The summed E-state index contributed by atoms with van der Waals surface area (Å²) < 4.78 is 2.42. The van der Waals surface area contributed by atoms with Gasteiger partial charge in [-0.2, -0.15) is 4.57 Å². The van der Waals surface area contributed by atoms with Crippen LogP contribution in [0, 0.1) is 0 Å². The second-order valence-corrected chi connectivity index (χ2v) is 7.56. The van der Waals surface area contributed by atoms with Crippen LogP contribution in [0.4, 0.5) is 17.1 Å². The minimum absolute atomic E-state index is 1.14. The molecule has 4 aromatic rings. The van der Waals surface area contributed by atoms with Gasteiger partial charge in [-0.05, 0) is 49.6 Å². The predicted octanol–water partition coefficient (Wildman–Crippen LogP) is 6.01. The fraction of sp³-hybridized carbons (Fsp3) is 0.192. The second kappa shape index (κ2) is 7.12. The lowest BCUT2D eigenvalue weighted by atomic mass is 9.91. The summed E-state index contributed by atoms with van der Waals surface area (Å²) in [6.07, 6.45) is 4.83. The molecule has 0 aliphatic heterocycles. The van der Waals surface area contributed by atoms with Crippen molar-refractivity contribution in [2.75, 3.05) is 4.90 Å². The van der Waals surface area contributed by atoms with Gasteiger partial charge in [-0.15, -0.1) is 0 Å². The number of hydrogen-bond acceptors (Lipinski definition) is 1. The van der Waals surface area contributed by atoms with E-state index in [2.05, 4.69) is 101 Å². The average Bonchev–Trinajstić information content (AvgIpc) is 2.78. The van der Waals surface area contributed by atoms with Crippen LogP contribution < -0.4 is 9.47 Å². The molecular formula is C26H25N2+. The van der Waals surface area contributed by atoms with Gasteiger partial charge >= 0.3 is 0 Å². The molecule has 3 aromatic carbocycles. The van der Waals surface area contributed by atoms with Crippen LogP contribution in [0.5, 0.6) is 0 Å². The number of hydrogen-bond donors (Lipinski definition) is 0. The first kappa shape index (κ1) is 17.0. The maximum Gasteiger partial charge on any atom is 0.214 e. The molecule has 1 aliphatic rings. The smallest absolute Gasteiger partial charge is 0.214 e. The largest absolute Gasteiger partial charge is 0.309 e. The third-order valence-corrected chi connectivity index (χ3v) is 5.90. The van der Waals surface area contributed by atoms with E-state index in [1.165, 1.54) is 52.1 Å². The van der Waals surface area contributed by atoms with E-state index in [1.807, 2.05) is 0 Å². The zero-order valence-corrected chi connectivity index (χ0v) is 16.3. The number of fused-ring (bicyclic) bond motifs is 2. The number of anilines is 3. The fourth-order valence-electron chi connectivity index (χ4n) is 4.61. The van der Waals surface area contributed by atoms with Crippen molar-refractivity contribution in [3.8, 4) is 0 Å². The lowest BCUT2D eigenvalue weighted by molar-refractivity contribution is -0.653. The zero-order valence-electron chi connectivity index (χ0n) is 16.3. The lowest BCUT2D eigenvalue weighted by Crippen LogP contribution is -2.38. The van der Waals surface area contributed by atoms with E-state index in [0.29, 0.717) is 0 Å². The number of benzene rings is 3. The molecule has 1 aromatic heterocycles. The molecule has 0 N–H and O–H groups in total. The third-order valence-electron chi connectivity index (χ3n) is 5.90. The summed E-state index contributed by atoms with van der Waals surface area (Å²) in [5.41, 5.74) is 8.05. The van der Waals surface area contributed by atoms with E-state index >= 15 is 0 Å². The highest BCUT2D eigenvalue weighted by Crippen LogP contribution is 2.42. The maximum absolute atomic E-state index is 2.45. The Kier molecular flexibility index (Phi) is 4.32. The molecule has 2 heteroatoms. The maximum atomic E-state index is 2.45. The summed E-state index contributed by atoms with van der Waals surface area (Å²) in [5.74, 6) is 0. The first-order valence-corrected chi connectivity index (χ1v) is 10.2. The van der Waals surface area contributed by atoms with Crippen LogP contribution >= 0.6 is 0 Å². The molecule has 0 saturated carbocycles. The van der Waals surface area contributed by atoms with E-state index in [4.69, 9.17) is 0 Å². The number of para-hydroxylation sites is 3. The van der Waals surface area contributed by atoms with Crippen molar-refractivity contribution in [1.29, 1.82) is 0 Å². The molecule has 138 valence electrons. The Labute approximate surface area is 166 Å². The van der Waals surface area contributed by atoms with E-state index in [9.17, 15) is 0 Å². The zero-order chi connectivity index (χ0) is 18.9. The van der Waals surface area contributed by atoms with Crippen LogP contribution in [0.3, 0.4) is 0 Å². The van der Waals surface area contributed by atoms with Crippen LogP contribution in [-0.2, 0) is 19.9 Å². The van der Waals surface area contributed by atoms with Crippen LogP contribution in [-0.4, -0.2) is 0 Å². The minimum Gasteiger partial charge on any atom is -0.309 e.